The number of methoxy groups -OCH3 is 1. The molecule has 17 heavy (non-hydrogen) atoms. The second kappa shape index (κ2) is 4.29. The van der Waals surface area contributed by atoms with Crippen molar-refractivity contribution in [3.8, 4) is 17.6 Å². The molecule has 0 aliphatic rings. The second-order valence-electron chi connectivity index (χ2n) is 4.04. The molecule has 0 saturated carbocycles. The van der Waals surface area contributed by atoms with Crippen molar-refractivity contribution in [1.29, 1.82) is 5.26 Å². The van der Waals surface area contributed by atoms with E-state index in [0.29, 0.717) is 5.56 Å². The van der Waals surface area contributed by atoms with E-state index in [4.69, 9.17) is 10.00 Å². The molecule has 0 aromatic heterocycles. The number of rotatable bonds is 3. The highest BCUT2D eigenvalue weighted by Gasteiger charge is 2.27. The van der Waals surface area contributed by atoms with Gasteiger partial charge in [-0.15, -0.1) is 0 Å². The van der Waals surface area contributed by atoms with Gasteiger partial charge in [0, 0.05) is 6.07 Å². The van der Waals surface area contributed by atoms with Crippen molar-refractivity contribution in [2.24, 2.45) is 0 Å². The zero-order valence-corrected chi connectivity index (χ0v) is 9.72. The molecule has 0 fully saturated rings. The molecular weight excluding hydrogens is 224 g/mol. The van der Waals surface area contributed by atoms with Crippen LogP contribution in [0.4, 0.5) is 5.69 Å². The molecule has 0 radical (unpaired) electrons. The van der Waals surface area contributed by atoms with Gasteiger partial charge in [0.2, 0.25) is 5.75 Å². The van der Waals surface area contributed by atoms with Crippen molar-refractivity contribution < 1.29 is 14.8 Å². The maximum absolute atomic E-state index is 10.8. The number of nitro groups is 1. The van der Waals surface area contributed by atoms with Crippen molar-refractivity contribution >= 4 is 5.69 Å². The lowest BCUT2D eigenvalue weighted by molar-refractivity contribution is -0.386. The van der Waals surface area contributed by atoms with E-state index >= 15 is 0 Å². The third kappa shape index (κ3) is 2.28. The van der Waals surface area contributed by atoms with E-state index in [-0.39, 0.29) is 5.75 Å². The van der Waals surface area contributed by atoms with Crippen LogP contribution in [0, 0.1) is 21.4 Å². The topological polar surface area (TPSA) is 96.4 Å². The first-order chi connectivity index (χ1) is 7.83. The summed E-state index contributed by atoms with van der Waals surface area (Å²) in [7, 11) is 1.29. The summed E-state index contributed by atoms with van der Waals surface area (Å²) in [6, 6.07) is 4.64. The molecule has 1 N–H and O–H groups in total. The van der Waals surface area contributed by atoms with Gasteiger partial charge >= 0.3 is 5.69 Å². The normalized spacial score (nSPS) is 10.7. The quantitative estimate of drug-likeness (QED) is 0.640. The molecule has 90 valence electrons. The van der Waals surface area contributed by atoms with Gasteiger partial charge in [-0.3, -0.25) is 10.1 Å². The van der Waals surface area contributed by atoms with Gasteiger partial charge in [-0.25, -0.2) is 0 Å². The summed E-state index contributed by atoms with van der Waals surface area (Å²) < 4.78 is 4.85. The number of hydrogen-bond acceptors (Lipinski definition) is 5. The zero-order valence-electron chi connectivity index (χ0n) is 9.72. The van der Waals surface area contributed by atoms with E-state index in [1.165, 1.54) is 19.2 Å². The van der Waals surface area contributed by atoms with Crippen LogP contribution in [0.25, 0.3) is 0 Å². The molecule has 6 heteroatoms. The molecule has 0 spiro atoms. The first-order valence-corrected chi connectivity index (χ1v) is 4.80. The van der Waals surface area contributed by atoms with Crippen LogP contribution in [0.3, 0.4) is 0 Å². The van der Waals surface area contributed by atoms with Crippen LogP contribution in [-0.4, -0.2) is 17.1 Å². The lowest BCUT2D eigenvalue weighted by Crippen LogP contribution is -2.14. The minimum atomic E-state index is -0.897. The second-order valence-corrected chi connectivity index (χ2v) is 4.04. The molecule has 0 bridgehead atoms. The number of phenols is 1. The van der Waals surface area contributed by atoms with Gasteiger partial charge in [-0.05, 0) is 25.5 Å². The van der Waals surface area contributed by atoms with Crippen LogP contribution in [0.1, 0.15) is 19.4 Å². The SMILES string of the molecule is COc1cc(C(C)(C)C#N)cc([N+](=O)[O-])c1O. The van der Waals surface area contributed by atoms with Crippen molar-refractivity contribution in [3.63, 3.8) is 0 Å². The Bertz CT molecular complexity index is 503. The number of benzene rings is 1. The Balaban J connectivity index is 3.52. The number of ether oxygens (including phenoxy) is 1. The summed E-state index contributed by atoms with van der Waals surface area (Å²) in [6.45, 7) is 3.26. The van der Waals surface area contributed by atoms with E-state index in [1.54, 1.807) is 13.8 Å². The highest BCUT2D eigenvalue weighted by molar-refractivity contribution is 5.59. The molecule has 0 saturated heterocycles. The average Bonchev–Trinajstić information content (AvgIpc) is 2.28. The fourth-order valence-electron chi connectivity index (χ4n) is 1.31. The minimum absolute atomic E-state index is 0.0162. The molecule has 0 heterocycles. The molecule has 0 aliphatic carbocycles. The standard InChI is InChI=1S/C11H12N2O4/c1-11(2,6-12)7-4-8(13(15)16)10(14)9(5-7)17-3/h4-5,14H,1-3H3. The molecule has 0 aliphatic heterocycles. The molecule has 6 nitrogen and oxygen atoms in total. The number of nitrogens with zero attached hydrogens (tertiary/aromatic N) is 2. The van der Waals surface area contributed by atoms with E-state index in [2.05, 4.69) is 0 Å². The Hall–Kier alpha value is -2.29. The predicted molar refractivity (Wildman–Crippen MR) is 60.0 cm³/mol. The zero-order chi connectivity index (χ0) is 13.2. The highest BCUT2D eigenvalue weighted by Crippen LogP contribution is 2.40. The molecule has 1 aromatic carbocycles. The molecular formula is C11H12N2O4. The predicted octanol–water partition coefficient (Wildman–Crippen LogP) is 2.11. The van der Waals surface area contributed by atoms with Gasteiger partial charge in [0.25, 0.3) is 0 Å². The molecule has 1 aromatic rings. The minimum Gasteiger partial charge on any atom is -0.500 e. The van der Waals surface area contributed by atoms with Crippen LogP contribution in [0.15, 0.2) is 12.1 Å². The number of nitriles is 1. The smallest absolute Gasteiger partial charge is 0.314 e. The summed E-state index contributed by atoms with van der Waals surface area (Å²) in [6.07, 6.45) is 0. The fraction of sp³-hybridized carbons (Fsp3) is 0.364. The van der Waals surface area contributed by atoms with E-state index in [1.807, 2.05) is 6.07 Å². The summed E-state index contributed by atoms with van der Waals surface area (Å²) in [5.41, 5.74) is -0.949. The van der Waals surface area contributed by atoms with Crippen LogP contribution >= 0.6 is 0 Å². The summed E-state index contributed by atoms with van der Waals surface area (Å²) in [5.74, 6) is -0.549. The Kier molecular flexibility index (Phi) is 3.23. The largest absolute Gasteiger partial charge is 0.500 e. The number of phenolic OH excluding ortho intramolecular Hbond substituents is 1. The average molecular weight is 236 g/mol. The Morgan fingerprint density at radius 3 is 2.53 bits per heavy atom. The maximum Gasteiger partial charge on any atom is 0.314 e. The van der Waals surface area contributed by atoms with Crippen molar-refractivity contribution in [2.45, 2.75) is 19.3 Å². The third-order valence-corrected chi connectivity index (χ3v) is 2.47. The van der Waals surface area contributed by atoms with E-state index in [0.717, 1.165) is 0 Å². The number of nitro benzene ring substituents is 1. The summed E-state index contributed by atoms with van der Waals surface area (Å²) in [5, 5.41) is 29.3. The maximum atomic E-state index is 10.8. The van der Waals surface area contributed by atoms with Crippen LogP contribution in [0.5, 0.6) is 11.5 Å². The monoisotopic (exact) mass is 236 g/mol. The first-order valence-electron chi connectivity index (χ1n) is 4.80. The van der Waals surface area contributed by atoms with Gasteiger partial charge in [-0.2, -0.15) is 5.26 Å². The molecule has 0 unspecified atom stereocenters. The Labute approximate surface area is 98.2 Å². The Morgan fingerprint density at radius 1 is 1.53 bits per heavy atom. The summed E-state index contributed by atoms with van der Waals surface area (Å²) in [4.78, 5) is 10.1. The molecule has 0 atom stereocenters. The van der Waals surface area contributed by atoms with Crippen molar-refractivity contribution in [2.75, 3.05) is 7.11 Å². The number of aromatic hydroxyl groups is 1. The van der Waals surface area contributed by atoms with Crippen LogP contribution in [-0.2, 0) is 5.41 Å². The van der Waals surface area contributed by atoms with Crippen LogP contribution in [0.2, 0.25) is 0 Å². The van der Waals surface area contributed by atoms with Crippen LogP contribution < -0.4 is 4.74 Å². The first kappa shape index (κ1) is 12.8. The highest BCUT2D eigenvalue weighted by atomic mass is 16.6. The summed E-state index contributed by atoms with van der Waals surface area (Å²) >= 11 is 0. The van der Waals surface area contributed by atoms with Crippen molar-refractivity contribution in [1.82, 2.24) is 0 Å². The van der Waals surface area contributed by atoms with Gasteiger partial charge in [0.15, 0.2) is 5.75 Å². The van der Waals surface area contributed by atoms with Gasteiger partial charge in [-0.1, -0.05) is 0 Å². The number of hydrogen-bond donors (Lipinski definition) is 1. The van der Waals surface area contributed by atoms with Gasteiger partial charge < -0.3 is 9.84 Å². The molecule has 0 amide bonds. The Morgan fingerprint density at radius 2 is 2.12 bits per heavy atom. The fourth-order valence-corrected chi connectivity index (χ4v) is 1.31. The van der Waals surface area contributed by atoms with E-state index in [9.17, 15) is 15.2 Å². The third-order valence-electron chi connectivity index (χ3n) is 2.47. The van der Waals surface area contributed by atoms with Crippen molar-refractivity contribution in [3.05, 3.63) is 27.8 Å². The van der Waals surface area contributed by atoms with E-state index < -0.39 is 21.8 Å². The van der Waals surface area contributed by atoms with Gasteiger partial charge in [0.05, 0.1) is 23.5 Å². The molecule has 1 rings (SSSR count). The lowest BCUT2D eigenvalue weighted by atomic mass is 9.86. The lowest BCUT2D eigenvalue weighted by Gasteiger charge is -2.17. The van der Waals surface area contributed by atoms with Gasteiger partial charge in [0.1, 0.15) is 0 Å².